The summed E-state index contributed by atoms with van der Waals surface area (Å²) in [6.07, 6.45) is 6.05. The summed E-state index contributed by atoms with van der Waals surface area (Å²) in [6, 6.07) is 7.93. The first-order chi connectivity index (χ1) is 13.2. The van der Waals surface area contributed by atoms with Crippen molar-refractivity contribution >= 4 is 17.2 Å². The fourth-order valence-corrected chi connectivity index (χ4v) is 3.96. The molecule has 27 heavy (non-hydrogen) atoms. The van der Waals surface area contributed by atoms with Gasteiger partial charge < -0.3 is 14.1 Å². The van der Waals surface area contributed by atoms with Crippen LogP contribution in [0, 0.1) is 0 Å². The molecule has 6 nitrogen and oxygen atoms in total. The number of nitrogens with zero attached hydrogens (tertiary/aromatic N) is 3. The second-order valence-corrected chi connectivity index (χ2v) is 7.53. The number of oxazole rings is 1. The molecule has 0 radical (unpaired) electrons. The van der Waals surface area contributed by atoms with Crippen LogP contribution < -0.4 is 4.74 Å². The molecule has 0 aliphatic carbocycles. The number of methoxy groups -OCH3 is 1. The van der Waals surface area contributed by atoms with Crippen LogP contribution in [0.25, 0.3) is 0 Å². The molecule has 1 atom stereocenters. The molecular formula is C20H21N3O3S. The van der Waals surface area contributed by atoms with E-state index in [0.29, 0.717) is 17.8 Å². The van der Waals surface area contributed by atoms with Crippen LogP contribution in [0.15, 0.2) is 46.6 Å². The predicted octanol–water partition coefficient (Wildman–Crippen LogP) is 3.75. The average Bonchev–Trinajstić information content (AvgIpc) is 3.40. The molecule has 1 fully saturated rings. The third-order valence-corrected chi connectivity index (χ3v) is 5.57. The molecule has 3 heterocycles. The molecular weight excluding hydrogens is 362 g/mol. The lowest BCUT2D eigenvalue weighted by Gasteiger charge is -2.30. The minimum Gasteiger partial charge on any atom is -0.497 e. The zero-order valence-corrected chi connectivity index (χ0v) is 15.9. The minimum absolute atomic E-state index is 0.0483. The van der Waals surface area contributed by atoms with Gasteiger partial charge >= 0.3 is 0 Å². The maximum absolute atomic E-state index is 12.6. The lowest BCUT2D eigenvalue weighted by atomic mass is 9.98. The largest absolute Gasteiger partial charge is 0.497 e. The van der Waals surface area contributed by atoms with Crippen LogP contribution in [0.2, 0.25) is 0 Å². The molecule has 1 aromatic carbocycles. The summed E-state index contributed by atoms with van der Waals surface area (Å²) in [5.41, 5.74) is 2.83. The van der Waals surface area contributed by atoms with E-state index >= 15 is 0 Å². The van der Waals surface area contributed by atoms with Crippen molar-refractivity contribution in [2.24, 2.45) is 0 Å². The average molecular weight is 383 g/mol. The van der Waals surface area contributed by atoms with Gasteiger partial charge in [-0.15, -0.1) is 11.3 Å². The van der Waals surface area contributed by atoms with Crippen LogP contribution in [-0.4, -0.2) is 41.0 Å². The summed E-state index contributed by atoms with van der Waals surface area (Å²) in [6.45, 7) is 1.41. The molecule has 0 unspecified atom stereocenters. The van der Waals surface area contributed by atoms with Crippen LogP contribution in [0.1, 0.15) is 45.6 Å². The quantitative estimate of drug-likeness (QED) is 0.671. The van der Waals surface area contributed by atoms with Gasteiger partial charge in [0.15, 0.2) is 5.89 Å². The van der Waals surface area contributed by atoms with Crippen molar-refractivity contribution in [2.45, 2.75) is 25.2 Å². The molecule has 140 valence electrons. The Morgan fingerprint density at radius 3 is 2.93 bits per heavy atom. The summed E-state index contributed by atoms with van der Waals surface area (Å²) in [4.78, 5) is 23.6. The van der Waals surface area contributed by atoms with Crippen molar-refractivity contribution in [1.82, 2.24) is 14.9 Å². The van der Waals surface area contributed by atoms with Gasteiger partial charge in [0.05, 0.1) is 30.9 Å². The molecule has 4 rings (SSSR count). The third-order valence-electron chi connectivity index (χ3n) is 4.81. The summed E-state index contributed by atoms with van der Waals surface area (Å²) in [5, 5.41) is 0. The number of hydrogen-bond donors (Lipinski definition) is 0. The van der Waals surface area contributed by atoms with E-state index in [4.69, 9.17) is 9.15 Å². The Kier molecular flexibility index (Phi) is 5.20. The highest BCUT2D eigenvalue weighted by Gasteiger charge is 2.28. The molecule has 0 bridgehead atoms. The number of carbonyl (C=O) groups is 1. The number of hydrogen-bond acceptors (Lipinski definition) is 6. The third kappa shape index (κ3) is 4.03. The highest BCUT2D eigenvalue weighted by Crippen LogP contribution is 2.28. The highest BCUT2D eigenvalue weighted by molar-refractivity contribution is 7.11. The maximum atomic E-state index is 12.6. The van der Waals surface area contributed by atoms with E-state index in [0.717, 1.165) is 42.4 Å². The molecule has 1 amide bonds. The predicted molar refractivity (Wildman–Crippen MR) is 102 cm³/mol. The molecule has 7 heteroatoms. The van der Waals surface area contributed by atoms with Crippen molar-refractivity contribution < 1.29 is 13.9 Å². The molecule has 3 aromatic rings. The van der Waals surface area contributed by atoms with E-state index in [1.807, 2.05) is 29.2 Å². The first-order valence-corrected chi connectivity index (χ1v) is 9.86. The Morgan fingerprint density at radius 2 is 2.19 bits per heavy atom. The number of carbonyl (C=O) groups excluding carboxylic acids is 1. The van der Waals surface area contributed by atoms with E-state index in [9.17, 15) is 4.79 Å². The fraction of sp³-hybridized carbons (Fsp3) is 0.350. The summed E-state index contributed by atoms with van der Waals surface area (Å²) >= 11 is 1.38. The maximum Gasteiger partial charge on any atom is 0.265 e. The molecule has 1 aliphatic heterocycles. The topological polar surface area (TPSA) is 68.5 Å². The van der Waals surface area contributed by atoms with Crippen LogP contribution in [0.4, 0.5) is 0 Å². The standard InChI is InChI=1S/C20H21N3O3S/c1-25-16-6-4-14(5-7-16)9-17-10-22-19(26-17)15-3-2-8-23(12-15)20(24)18-11-21-13-27-18/h4-7,10-11,13,15H,2-3,8-9,12H2,1H3/t15-/m1/s1. The minimum atomic E-state index is 0.0483. The Hall–Kier alpha value is -2.67. The van der Waals surface area contributed by atoms with Crippen molar-refractivity contribution in [3.8, 4) is 5.75 Å². The summed E-state index contributed by atoms with van der Waals surface area (Å²) < 4.78 is 11.2. The van der Waals surface area contributed by atoms with Crippen LogP contribution in [0.5, 0.6) is 5.75 Å². The van der Waals surface area contributed by atoms with Gasteiger partial charge in [-0.25, -0.2) is 4.98 Å². The van der Waals surface area contributed by atoms with E-state index in [1.165, 1.54) is 11.3 Å². The number of rotatable bonds is 5. The van der Waals surface area contributed by atoms with Gasteiger partial charge in [0, 0.05) is 19.5 Å². The summed E-state index contributed by atoms with van der Waals surface area (Å²) in [7, 11) is 1.66. The number of amides is 1. The zero-order chi connectivity index (χ0) is 18.6. The lowest BCUT2D eigenvalue weighted by Crippen LogP contribution is -2.38. The molecule has 1 saturated heterocycles. The Morgan fingerprint density at radius 1 is 1.33 bits per heavy atom. The van der Waals surface area contributed by atoms with E-state index in [-0.39, 0.29) is 11.8 Å². The van der Waals surface area contributed by atoms with E-state index in [2.05, 4.69) is 9.97 Å². The molecule has 2 aromatic heterocycles. The van der Waals surface area contributed by atoms with Gasteiger partial charge in [-0.1, -0.05) is 12.1 Å². The summed E-state index contributed by atoms with van der Waals surface area (Å²) in [5.74, 6) is 2.58. The second kappa shape index (κ2) is 7.92. The molecule has 0 spiro atoms. The van der Waals surface area contributed by atoms with Crippen LogP contribution in [-0.2, 0) is 6.42 Å². The van der Waals surface area contributed by atoms with Crippen molar-refractivity contribution in [3.05, 3.63) is 64.3 Å². The zero-order valence-electron chi connectivity index (χ0n) is 15.1. The SMILES string of the molecule is COc1ccc(Cc2cnc([C@@H]3CCCN(C(=O)c4cncs4)C3)o2)cc1. The highest BCUT2D eigenvalue weighted by atomic mass is 32.1. The van der Waals surface area contributed by atoms with Crippen molar-refractivity contribution in [1.29, 1.82) is 0 Å². The molecule has 0 saturated carbocycles. The van der Waals surface area contributed by atoms with Gasteiger partial charge in [0.25, 0.3) is 5.91 Å². The number of ether oxygens (including phenoxy) is 1. The number of likely N-dealkylation sites (tertiary alicyclic amines) is 1. The normalized spacial score (nSPS) is 17.1. The number of piperidine rings is 1. The Balaban J connectivity index is 1.42. The van der Waals surface area contributed by atoms with Gasteiger partial charge in [0.1, 0.15) is 16.4 Å². The Bertz CT molecular complexity index is 890. The number of thiazole rings is 1. The smallest absolute Gasteiger partial charge is 0.265 e. The van der Waals surface area contributed by atoms with Gasteiger partial charge in [-0.05, 0) is 30.5 Å². The van der Waals surface area contributed by atoms with Crippen LogP contribution >= 0.6 is 11.3 Å². The number of aromatic nitrogens is 2. The fourth-order valence-electron chi connectivity index (χ4n) is 3.38. The number of benzene rings is 1. The van der Waals surface area contributed by atoms with Gasteiger partial charge in [0.2, 0.25) is 0 Å². The van der Waals surface area contributed by atoms with Gasteiger partial charge in [-0.3, -0.25) is 9.78 Å². The lowest BCUT2D eigenvalue weighted by molar-refractivity contribution is 0.0702. The van der Waals surface area contributed by atoms with Crippen LogP contribution in [0.3, 0.4) is 0 Å². The van der Waals surface area contributed by atoms with Crippen molar-refractivity contribution in [2.75, 3.05) is 20.2 Å². The Labute approximate surface area is 161 Å². The van der Waals surface area contributed by atoms with Gasteiger partial charge in [-0.2, -0.15) is 0 Å². The van der Waals surface area contributed by atoms with E-state index < -0.39 is 0 Å². The molecule has 0 N–H and O–H groups in total. The first kappa shape index (κ1) is 17.7. The first-order valence-electron chi connectivity index (χ1n) is 8.98. The second-order valence-electron chi connectivity index (χ2n) is 6.65. The van der Waals surface area contributed by atoms with Crippen molar-refractivity contribution in [3.63, 3.8) is 0 Å². The molecule has 1 aliphatic rings. The monoisotopic (exact) mass is 383 g/mol. The van der Waals surface area contributed by atoms with E-state index in [1.54, 1.807) is 25.0 Å².